The van der Waals surface area contributed by atoms with E-state index in [1.54, 1.807) is 6.07 Å². The smallest absolute Gasteiger partial charge is 0.309 e. The summed E-state index contributed by atoms with van der Waals surface area (Å²) in [5, 5.41) is 19.2. The van der Waals surface area contributed by atoms with Crippen molar-refractivity contribution in [2.24, 2.45) is 0 Å². The van der Waals surface area contributed by atoms with E-state index in [0.717, 1.165) is 0 Å². The highest BCUT2D eigenvalue weighted by atomic mass is 35.5. The maximum atomic E-state index is 10.4. The number of hydrogen-bond donors (Lipinski definition) is 1. The Kier molecular flexibility index (Phi) is 2.35. The number of benzene rings is 1. The molecule has 6 heteroatoms. The Morgan fingerprint density at radius 3 is 2.69 bits per heavy atom. The number of nitrogens with two attached hydrogens (primary N) is 1. The van der Waals surface area contributed by atoms with Gasteiger partial charge in [-0.3, -0.25) is 10.1 Å². The Labute approximate surface area is 78.5 Å². The van der Waals surface area contributed by atoms with Gasteiger partial charge >= 0.3 is 5.69 Å². The number of anilines is 1. The number of nitro groups is 1. The highest BCUT2D eigenvalue weighted by molar-refractivity contribution is 6.31. The number of rotatable bonds is 1. The molecule has 0 fully saturated rings. The summed E-state index contributed by atoms with van der Waals surface area (Å²) in [6.45, 7) is 0. The summed E-state index contributed by atoms with van der Waals surface area (Å²) in [6, 6.07) is 4.09. The van der Waals surface area contributed by atoms with E-state index in [-0.39, 0.29) is 16.3 Å². The summed E-state index contributed by atoms with van der Waals surface area (Å²) in [7, 11) is 0. The van der Waals surface area contributed by atoms with E-state index >= 15 is 0 Å². The fourth-order valence-electron chi connectivity index (χ4n) is 0.909. The van der Waals surface area contributed by atoms with Crippen molar-refractivity contribution in [2.75, 3.05) is 5.73 Å². The predicted octanol–water partition coefficient (Wildman–Crippen LogP) is 1.70. The molecule has 0 unspecified atom stereocenters. The minimum atomic E-state index is -0.704. The molecule has 13 heavy (non-hydrogen) atoms. The number of nitriles is 1. The summed E-state index contributed by atoms with van der Waals surface area (Å²) < 4.78 is 0. The normalized spacial score (nSPS) is 9.23. The molecule has 0 aromatic heterocycles. The van der Waals surface area contributed by atoms with Crippen molar-refractivity contribution in [1.29, 1.82) is 5.26 Å². The van der Waals surface area contributed by atoms with Crippen LogP contribution in [-0.4, -0.2) is 4.92 Å². The van der Waals surface area contributed by atoms with Gasteiger partial charge in [-0.2, -0.15) is 5.26 Å². The van der Waals surface area contributed by atoms with Crippen LogP contribution < -0.4 is 5.73 Å². The van der Waals surface area contributed by atoms with E-state index < -0.39 is 10.6 Å². The summed E-state index contributed by atoms with van der Waals surface area (Å²) >= 11 is 5.55. The average molecular weight is 198 g/mol. The molecule has 0 radical (unpaired) electrons. The lowest BCUT2D eigenvalue weighted by Crippen LogP contribution is -1.98. The largest absolute Gasteiger partial charge is 0.393 e. The van der Waals surface area contributed by atoms with Crippen molar-refractivity contribution in [3.63, 3.8) is 0 Å². The summed E-state index contributed by atoms with van der Waals surface area (Å²) in [5.74, 6) is 0. The number of nitrogen functional groups attached to an aromatic ring is 1. The van der Waals surface area contributed by atoms with Gasteiger partial charge in [0.05, 0.1) is 4.92 Å². The van der Waals surface area contributed by atoms with Gasteiger partial charge in [0, 0.05) is 5.02 Å². The zero-order valence-electron chi connectivity index (χ0n) is 6.32. The van der Waals surface area contributed by atoms with Crippen LogP contribution >= 0.6 is 11.6 Å². The van der Waals surface area contributed by atoms with E-state index in [2.05, 4.69) is 0 Å². The van der Waals surface area contributed by atoms with E-state index in [4.69, 9.17) is 22.6 Å². The van der Waals surface area contributed by atoms with Gasteiger partial charge in [0.2, 0.25) is 0 Å². The van der Waals surface area contributed by atoms with Gasteiger partial charge in [-0.05, 0) is 12.1 Å². The van der Waals surface area contributed by atoms with Gasteiger partial charge in [-0.15, -0.1) is 0 Å². The van der Waals surface area contributed by atoms with E-state index in [9.17, 15) is 10.1 Å². The van der Waals surface area contributed by atoms with Crippen molar-refractivity contribution in [3.05, 3.63) is 32.8 Å². The fraction of sp³-hybridized carbons (Fsp3) is 0. The second-order valence-electron chi connectivity index (χ2n) is 2.26. The molecule has 1 aromatic carbocycles. The second-order valence-corrected chi connectivity index (χ2v) is 2.70. The lowest BCUT2D eigenvalue weighted by molar-refractivity contribution is -0.384. The van der Waals surface area contributed by atoms with E-state index in [1.165, 1.54) is 12.1 Å². The first-order valence-corrected chi connectivity index (χ1v) is 3.57. The Bertz CT molecular complexity index is 411. The molecule has 0 amide bonds. The van der Waals surface area contributed by atoms with Crippen LogP contribution in [0.15, 0.2) is 12.1 Å². The first-order chi connectivity index (χ1) is 6.06. The number of nitrogens with zero attached hydrogens (tertiary/aromatic N) is 2. The predicted molar refractivity (Wildman–Crippen MR) is 47.2 cm³/mol. The summed E-state index contributed by atoms with van der Waals surface area (Å²) in [5.41, 5.74) is 4.69. The molecule has 1 rings (SSSR count). The Morgan fingerprint density at radius 2 is 2.23 bits per heavy atom. The van der Waals surface area contributed by atoms with Crippen LogP contribution in [0.25, 0.3) is 0 Å². The first-order valence-electron chi connectivity index (χ1n) is 3.19. The van der Waals surface area contributed by atoms with Crippen LogP contribution in [0, 0.1) is 21.4 Å². The summed E-state index contributed by atoms with van der Waals surface area (Å²) in [4.78, 5) is 9.74. The fourth-order valence-corrected chi connectivity index (χ4v) is 1.14. The van der Waals surface area contributed by atoms with Crippen LogP contribution in [0.4, 0.5) is 11.4 Å². The van der Waals surface area contributed by atoms with Crippen LogP contribution in [0.1, 0.15) is 5.56 Å². The molecule has 0 aliphatic carbocycles. The molecule has 0 bridgehead atoms. The third kappa shape index (κ3) is 1.68. The maximum Gasteiger partial charge on any atom is 0.309 e. The number of halogens is 1. The minimum Gasteiger partial charge on any atom is -0.393 e. The lowest BCUT2D eigenvalue weighted by Gasteiger charge is -1.99. The number of nitro benzene ring substituents is 1. The molecular formula is C7H4ClN3O2. The topological polar surface area (TPSA) is 93.0 Å². The van der Waals surface area contributed by atoms with E-state index in [1.807, 2.05) is 0 Å². The van der Waals surface area contributed by atoms with E-state index in [0.29, 0.717) is 0 Å². The van der Waals surface area contributed by atoms with Crippen molar-refractivity contribution in [1.82, 2.24) is 0 Å². The lowest BCUT2D eigenvalue weighted by atomic mass is 10.1. The van der Waals surface area contributed by atoms with Gasteiger partial charge in [0.25, 0.3) is 0 Å². The van der Waals surface area contributed by atoms with Gasteiger partial charge in [-0.1, -0.05) is 11.6 Å². The van der Waals surface area contributed by atoms with Crippen molar-refractivity contribution in [2.45, 2.75) is 0 Å². The van der Waals surface area contributed by atoms with Gasteiger partial charge in [-0.25, -0.2) is 0 Å². The molecule has 2 N–H and O–H groups in total. The molecule has 0 heterocycles. The first kappa shape index (κ1) is 9.29. The van der Waals surface area contributed by atoms with Crippen LogP contribution in [0.3, 0.4) is 0 Å². The Morgan fingerprint density at radius 1 is 1.62 bits per heavy atom. The van der Waals surface area contributed by atoms with Crippen molar-refractivity contribution in [3.8, 4) is 6.07 Å². The Hall–Kier alpha value is -1.80. The molecular weight excluding hydrogens is 194 g/mol. The second kappa shape index (κ2) is 3.29. The maximum absolute atomic E-state index is 10.4. The molecule has 5 nitrogen and oxygen atoms in total. The number of hydrogen-bond acceptors (Lipinski definition) is 4. The molecule has 0 spiro atoms. The zero-order valence-corrected chi connectivity index (χ0v) is 7.08. The molecule has 0 aliphatic rings. The zero-order chi connectivity index (χ0) is 10.0. The minimum absolute atomic E-state index is 0.103. The molecule has 66 valence electrons. The molecule has 0 aliphatic heterocycles. The monoisotopic (exact) mass is 197 g/mol. The molecule has 0 saturated carbocycles. The van der Waals surface area contributed by atoms with Crippen LogP contribution in [0.5, 0.6) is 0 Å². The highest BCUT2D eigenvalue weighted by Gasteiger charge is 2.18. The molecule has 0 saturated heterocycles. The standard InChI is InChI=1S/C7H4ClN3O2/c8-5-1-4(3-9)7(11(12)13)6(10)2-5/h1-2H,10H2. The van der Waals surface area contributed by atoms with Crippen LogP contribution in [-0.2, 0) is 0 Å². The third-order valence-corrected chi connectivity index (χ3v) is 1.63. The Balaban J connectivity index is 3.50. The van der Waals surface area contributed by atoms with Gasteiger partial charge in [0.15, 0.2) is 0 Å². The van der Waals surface area contributed by atoms with Gasteiger partial charge < -0.3 is 5.73 Å². The van der Waals surface area contributed by atoms with Gasteiger partial charge in [0.1, 0.15) is 17.3 Å². The third-order valence-electron chi connectivity index (χ3n) is 1.41. The quantitative estimate of drug-likeness (QED) is 0.421. The summed E-state index contributed by atoms with van der Waals surface area (Å²) in [6.07, 6.45) is 0. The SMILES string of the molecule is N#Cc1cc(Cl)cc(N)c1[N+](=O)[O-]. The average Bonchev–Trinajstić information content (AvgIpc) is 2.01. The highest BCUT2D eigenvalue weighted by Crippen LogP contribution is 2.29. The van der Waals surface area contributed by atoms with Crippen molar-refractivity contribution >= 4 is 23.0 Å². The molecule has 1 aromatic rings. The van der Waals surface area contributed by atoms with Crippen molar-refractivity contribution < 1.29 is 4.92 Å². The molecule has 0 atom stereocenters. The van der Waals surface area contributed by atoms with Crippen LogP contribution in [0.2, 0.25) is 5.02 Å².